The van der Waals surface area contributed by atoms with Gasteiger partial charge in [0.1, 0.15) is 11.4 Å². The predicted octanol–water partition coefficient (Wildman–Crippen LogP) is 3.51. The van der Waals surface area contributed by atoms with Crippen LogP contribution in [0.3, 0.4) is 0 Å². The maximum absolute atomic E-state index is 10.9. The second kappa shape index (κ2) is 4.02. The van der Waals surface area contributed by atoms with Gasteiger partial charge in [0, 0.05) is 23.1 Å². The van der Waals surface area contributed by atoms with Crippen LogP contribution in [0.25, 0.3) is 5.57 Å². The van der Waals surface area contributed by atoms with Crippen LogP contribution in [-0.4, -0.2) is 16.7 Å². The molecule has 1 heterocycles. The maximum Gasteiger partial charge on any atom is 0.328 e. The Hall–Kier alpha value is -1.48. The number of hydrogen-bond acceptors (Lipinski definition) is 2. The van der Waals surface area contributed by atoms with Crippen molar-refractivity contribution in [2.24, 2.45) is 0 Å². The highest BCUT2D eigenvalue weighted by molar-refractivity contribution is 6.30. The van der Waals surface area contributed by atoms with Gasteiger partial charge in [0.25, 0.3) is 0 Å². The molecule has 1 aromatic rings. The zero-order chi connectivity index (χ0) is 12.8. The normalized spacial score (nSPS) is 22.2. The maximum atomic E-state index is 10.9. The highest BCUT2D eigenvalue weighted by Crippen LogP contribution is 2.49. The fourth-order valence-corrected chi connectivity index (χ4v) is 2.85. The molecule has 1 fully saturated rings. The molecular weight excluding hydrogens is 252 g/mol. The molecule has 2 aliphatic rings. The number of carboxylic acids is 1. The first-order valence-corrected chi connectivity index (χ1v) is 6.38. The molecule has 94 valence electrons. The summed E-state index contributed by atoms with van der Waals surface area (Å²) in [6.45, 7) is 0. The average Bonchev–Trinajstić information content (AvgIpc) is 2.27. The third-order valence-corrected chi connectivity index (χ3v) is 3.92. The molecule has 0 aromatic heterocycles. The van der Waals surface area contributed by atoms with Crippen molar-refractivity contribution in [3.8, 4) is 5.75 Å². The number of halogens is 1. The van der Waals surface area contributed by atoms with Gasteiger partial charge in [-0.1, -0.05) is 11.6 Å². The average molecular weight is 265 g/mol. The van der Waals surface area contributed by atoms with Crippen molar-refractivity contribution < 1.29 is 14.6 Å². The highest BCUT2D eigenvalue weighted by atomic mass is 35.5. The summed E-state index contributed by atoms with van der Waals surface area (Å²) >= 11 is 5.97. The van der Waals surface area contributed by atoms with Gasteiger partial charge in [0.15, 0.2) is 0 Å². The van der Waals surface area contributed by atoms with E-state index in [4.69, 9.17) is 21.4 Å². The molecule has 1 aromatic carbocycles. The summed E-state index contributed by atoms with van der Waals surface area (Å²) in [5.74, 6) is -0.176. The van der Waals surface area contributed by atoms with Gasteiger partial charge in [-0.15, -0.1) is 0 Å². The van der Waals surface area contributed by atoms with Gasteiger partial charge >= 0.3 is 5.97 Å². The Labute approximate surface area is 110 Å². The summed E-state index contributed by atoms with van der Waals surface area (Å²) in [6.07, 6.45) is 5.06. The van der Waals surface area contributed by atoms with Crippen LogP contribution < -0.4 is 4.74 Å². The lowest BCUT2D eigenvalue weighted by Crippen LogP contribution is -2.45. The van der Waals surface area contributed by atoms with E-state index in [0.717, 1.165) is 36.1 Å². The standard InChI is InChI=1S/C14H13ClO3/c15-10-2-3-12-11(7-10)9(6-13(16)17)8-14(18-12)4-1-5-14/h2-3,6-7H,1,4-5,8H2,(H,16,17)/b9-6+. The zero-order valence-electron chi connectivity index (χ0n) is 9.78. The van der Waals surface area contributed by atoms with Crippen LogP contribution in [0.1, 0.15) is 31.2 Å². The molecule has 18 heavy (non-hydrogen) atoms. The number of rotatable bonds is 1. The van der Waals surface area contributed by atoms with Gasteiger partial charge in [0.05, 0.1) is 0 Å². The summed E-state index contributed by atoms with van der Waals surface area (Å²) in [7, 11) is 0. The molecule has 1 spiro atoms. The molecule has 1 N–H and O–H groups in total. The highest BCUT2D eigenvalue weighted by Gasteiger charge is 2.43. The molecule has 1 aliphatic heterocycles. The minimum atomic E-state index is -0.924. The Balaban J connectivity index is 2.09. The van der Waals surface area contributed by atoms with Crippen LogP contribution in [0.5, 0.6) is 5.75 Å². The van der Waals surface area contributed by atoms with Gasteiger partial charge < -0.3 is 9.84 Å². The molecular formula is C14H13ClO3. The van der Waals surface area contributed by atoms with Gasteiger partial charge in [-0.3, -0.25) is 0 Å². The van der Waals surface area contributed by atoms with Gasteiger partial charge in [-0.05, 0) is 43.0 Å². The Bertz CT molecular complexity index is 544. The molecule has 0 saturated heterocycles. The van der Waals surface area contributed by atoms with Crippen molar-refractivity contribution in [3.05, 3.63) is 34.9 Å². The Morgan fingerprint density at radius 2 is 2.22 bits per heavy atom. The van der Waals surface area contributed by atoms with E-state index in [2.05, 4.69) is 0 Å². The van der Waals surface area contributed by atoms with Crippen LogP contribution in [0, 0.1) is 0 Å². The van der Waals surface area contributed by atoms with E-state index in [0.29, 0.717) is 11.4 Å². The number of fused-ring (bicyclic) bond motifs is 1. The van der Waals surface area contributed by atoms with Crippen LogP contribution in [0.4, 0.5) is 0 Å². The molecule has 3 nitrogen and oxygen atoms in total. The molecule has 0 radical (unpaired) electrons. The van der Waals surface area contributed by atoms with Crippen molar-refractivity contribution in [2.45, 2.75) is 31.3 Å². The van der Waals surface area contributed by atoms with E-state index in [9.17, 15) is 4.79 Å². The quantitative estimate of drug-likeness (QED) is 0.790. The van der Waals surface area contributed by atoms with E-state index in [1.54, 1.807) is 12.1 Å². The number of ether oxygens (including phenoxy) is 1. The van der Waals surface area contributed by atoms with Crippen LogP contribution >= 0.6 is 11.6 Å². The largest absolute Gasteiger partial charge is 0.486 e. The SMILES string of the molecule is O=C(O)/C=C1\CC2(CCC2)Oc2ccc(Cl)cc21. The predicted molar refractivity (Wildman–Crippen MR) is 68.9 cm³/mol. The Kier molecular flexibility index (Phi) is 2.59. The second-order valence-corrected chi connectivity index (χ2v) is 5.40. The van der Waals surface area contributed by atoms with E-state index >= 15 is 0 Å². The topological polar surface area (TPSA) is 46.5 Å². The van der Waals surface area contributed by atoms with Crippen molar-refractivity contribution in [1.29, 1.82) is 0 Å². The van der Waals surface area contributed by atoms with Gasteiger partial charge in [-0.25, -0.2) is 4.79 Å². The lowest BCUT2D eigenvalue weighted by molar-refractivity contribution is -0.131. The summed E-state index contributed by atoms with van der Waals surface area (Å²) < 4.78 is 6.03. The van der Waals surface area contributed by atoms with Crippen LogP contribution in [0.2, 0.25) is 5.02 Å². The third kappa shape index (κ3) is 1.89. The van der Waals surface area contributed by atoms with Crippen molar-refractivity contribution >= 4 is 23.1 Å². The van der Waals surface area contributed by atoms with Crippen molar-refractivity contribution in [3.63, 3.8) is 0 Å². The molecule has 0 bridgehead atoms. The van der Waals surface area contributed by atoms with Crippen LogP contribution in [-0.2, 0) is 4.79 Å². The van der Waals surface area contributed by atoms with E-state index < -0.39 is 5.97 Å². The first-order valence-electron chi connectivity index (χ1n) is 6.00. The van der Waals surface area contributed by atoms with E-state index in [1.807, 2.05) is 6.07 Å². The molecule has 1 saturated carbocycles. The minimum absolute atomic E-state index is 0.178. The summed E-state index contributed by atoms with van der Waals surface area (Å²) in [5.41, 5.74) is 1.44. The molecule has 0 unspecified atom stereocenters. The Morgan fingerprint density at radius 1 is 1.44 bits per heavy atom. The fourth-order valence-electron chi connectivity index (χ4n) is 2.68. The number of aliphatic carboxylic acids is 1. The van der Waals surface area contributed by atoms with Crippen LogP contribution in [0.15, 0.2) is 24.3 Å². The number of carboxylic acid groups (broad SMARTS) is 1. The molecule has 0 atom stereocenters. The van der Waals surface area contributed by atoms with Crippen molar-refractivity contribution in [1.82, 2.24) is 0 Å². The molecule has 3 rings (SSSR count). The fraction of sp³-hybridized carbons (Fsp3) is 0.357. The second-order valence-electron chi connectivity index (χ2n) is 4.96. The van der Waals surface area contributed by atoms with Gasteiger partial charge in [0.2, 0.25) is 0 Å². The number of benzene rings is 1. The molecule has 1 aliphatic carbocycles. The van der Waals surface area contributed by atoms with E-state index in [-0.39, 0.29) is 5.60 Å². The lowest BCUT2D eigenvalue weighted by atomic mass is 9.73. The van der Waals surface area contributed by atoms with Gasteiger partial charge in [-0.2, -0.15) is 0 Å². The first kappa shape index (κ1) is 11.6. The number of carbonyl (C=O) groups is 1. The zero-order valence-corrected chi connectivity index (χ0v) is 10.5. The minimum Gasteiger partial charge on any atom is -0.486 e. The molecule has 4 heteroatoms. The Morgan fingerprint density at radius 3 is 2.83 bits per heavy atom. The summed E-state index contributed by atoms with van der Waals surface area (Å²) in [5, 5.41) is 9.57. The number of hydrogen-bond donors (Lipinski definition) is 1. The monoisotopic (exact) mass is 264 g/mol. The first-order chi connectivity index (χ1) is 8.58. The summed E-state index contributed by atoms with van der Waals surface area (Å²) in [6, 6.07) is 5.38. The lowest BCUT2D eigenvalue weighted by Gasteiger charge is -2.46. The smallest absolute Gasteiger partial charge is 0.328 e. The molecule has 0 amide bonds. The van der Waals surface area contributed by atoms with Crippen molar-refractivity contribution in [2.75, 3.05) is 0 Å². The third-order valence-electron chi connectivity index (χ3n) is 3.69. The summed E-state index contributed by atoms with van der Waals surface area (Å²) in [4.78, 5) is 10.9. The van der Waals surface area contributed by atoms with E-state index in [1.165, 1.54) is 6.08 Å².